The number of carbonyl (C=O) groups excluding carboxylic acids is 4. The van der Waals surface area contributed by atoms with Crippen LogP contribution < -0.4 is 0 Å². The minimum absolute atomic E-state index is 0.0284. The van der Waals surface area contributed by atoms with Crippen LogP contribution in [0.3, 0.4) is 0 Å². The number of rotatable bonds is 8. The molecule has 1 atom stereocenters. The van der Waals surface area contributed by atoms with Crippen LogP contribution in [0.25, 0.3) is 0 Å². The van der Waals surface area contributed by atoms with Gasteiger partial charge in [-0.05, 0) is 51.6 Å². The minimum atomic E-state index is -0.742. The number of thioether (sulfide) groups is 1. The van der Waals surface area contributed by atoms with Gasteiger partial charge in [0, 0.05) is 6.42 Å². The largest absolute Gasteiger partial charge is 0.460 e. The van der Waals surface area contributed by atoms with Gasteiger partial charge in [-0.25, -0.2) is 9.59 Å². The van der Waals surface area contributed by atoms with Crippen molar-refractivity contribution >= 4 is 34.8 Å². The van der Waals surface area contributed by atoms with Gasteiger partial charge < -0.3 is 14.2 Å². The fraction of sp³-hybridized carbons (Fsp3) is 0.474. The zero-order valence-corrected chi connectivity index (χ0v) is 16.7. The zero-order chi connectivity index (χ0) is 20.4. The lowest BCUT2D eigenvalue weighted by Crippen LogP contribution is -2.25. The first-order valence-electron chi connectivity index (χ1n) is 8.38. The fourth-order valence-corrected chi connectivity index (χ4v) is 2.51. The van der Waals surface area contributed by atoms with Crippen molar-refractivity contribution in [2.24, 2.45) is 0 Å². The van der Waals surface area contributed by atoms with Gasteiger partial charge in [0.2, 0.25) is 6.79 Å². The molecular weight excluding hydrogens is 372 g/mol. The van der Waals surface area contributed by atoms with Crippen LogP contribution in [0.2, 0.25) is 0 Å². The number of benzene rings is 1. The lowest BCUT2D eigenvalue weighted by atomic mass is 10.1. The fourth-order valence-electron chi connectivity index (χ4n) is 1.85. The minimum Gasteiger partial charge on any atom is -0.460 e. The molecule has 0 radical (unpaired) electrons. The Morgan fingerprint density at radius 2 is 1.63 bits per heavy atom. The third-order valence-corrected chi connectivity index (χ3v) is 4.03. The summed E-state index contributed by atoms with van der Waals surface area (Å²) in [6.45, 7) is 6.22. The molecule has 0 N–H and O–H groups in total. The van der Waals surface area contributed by atoms with E-state index in [1.807, 2.05) is 0 Å². The maximum Gasteiger partial charge on any atom is 0.370 e. The summed E-state index contributed by atoms with van der Waals surface area (Å²) in [6, 6.07) is 8.27. The van der Waals surface area contributed by atoms with E-state index in [1.165, 1.54) is 0 Å². The molecule has 8 heteroatoms. The Kier molecular flexibility index (Phi) is 9.00. The topological polar surface area (TPSA) is 96.0 Å². The highest BCUT2D eigenvalue weighted by molar-refractivity contribution is 8.14. The van der Waals surface area contributed by atoms with Gasteiger partial charge in [-0.15, -0.1) is 0 Å². The molecule has 0 amide bonds. The second kappa shape index (κ2) is 10.7. The van der Waals surface area contributed by atoms with Crippen LogP contribution in [0.5, 0.6) is 0 Å². The Balaban J connectivity index is 2.27. The summed E-state index contributed by atoms with van der Waals surface area (Å²) in [5.41, 5.74) is -0.270. The van der Waals surface area contributed by atoms with Gasteiger partial charge in [0.25, 0.3) is 0 Å². The van der Waals surface area contributed by atoms with E-state index in [0.717, 1.165) is 0 Å². The van der Waals surface area contributed by atoms with Crippen molar-refractivity contribution in [2.75, 3.05) is 6.79 Å². The first-order chi connectivity index (χ1) is 12.6. The molecule has 0 saturated heterocycles. The van der Waals surface area contributed by atoms with E-state index in [0.29, 0.717) is 17.3 Å². The quantitative estimate of drug-likeness (QED) is 0.484. The Hall–Kier alpha value is -2.35. The highest BCUT2D eigenvalue weighted by Gasteiger charge is 2.22. The van der Waals surface area contributed by atoms with Crippen LogP contribution in [-0.4, -0.2) is 40.7 Å². The molecule has 0 aromatic heterocycles. The summed E-state index contributed by atoms with van der Waals surface area (Å²) < 4.78 is 14.7. The van der Waals surface area contributed by atoms with E-state index >= 15 is 0 Å². The third-order valence-electron chi connectivity index (χ3n) is 3.10. The maximum atomic E-state index is 12.0. The molecule has 0 saturated carbocycles. The van der Waals surface area contributed by atoms with Gasteiger partial charge in [-0.1, -0.05) is 18.2 Å². The van der Waals surface area contributed by atoms with Crippen LogP contribution in [0.1, 0.15) is 50.9 Å². The Labute approximate surface area is 162 Å². The molecule has 0 heterocycles. The smallest absolute Gasteiger partial charge is 0.370 e. The first kappa shape index (κ1) is 22.7. The number of Topliss-reactive ketones (excluding diaryl/α,β-unsaturated/α-hetero) is 1. The summed E-state index contributed by atoms with van der Waals surface area (Å²) in [5, 5.41) is -1.43. The van der Waals surface area contributed by atoms with Crippen molar-refractivity contribution in [3.63, 3.8) is 0 Å². The summed E-state index contributed by atoms with van der Waals surface area (Å²) in [7, 11) is 0. The van der Waals surface area contributed by atoms with Crippen molar-refractivity contribution in [3.8, 4) is 0 Å². The lowest BCUT2D eigenvalue weighted by Gasteiger charge is -2.19. The van der Waals surface area contributed by atoms with Gasteiger partial charge >= 0.3 is 17.2 Å². The number of carbonyl (C=O) groups is 4. The van der Waals surface area contributed by atoms with Crippen LogP contribution in [-0.2, 0) is 23.8 Å². The van der Waals surface area contributed by atoms with Gasteiger partial charge in [0.1, 0.15) is 11.4 Å². The Bertz CT molecular complexity index is 664. The van der Waals surface area contributed by atoms with Crippen molar-refractivity contribution in [3.05, 3.63) is 35.9 Å². The zero-order valence-electron chi connectivity index (χ0n) is 15.9. The number of hydrogen-bond donors (Lipinski definition) is 0. The van der Waals surface area contributed by atoms with Crippen molar-refractivity contribution in [1.29, 1.82) is 0 Å². The summed E-state index contributed by atoms with van der Waals surface area (Å²) in [6.07, 6.45) is -0.0793. The molecule has 148 valence electrons. The summed E-state index contributed by atoms with van der Waals surface area (Å²) in [5.74, 6) is -1.36. The Morgan fingerprint density at radius 3 is 2.22 bits per heavy atom. The lowest BCUT2D eigenvalue weighted by molar-refractivity contribution is -0.155. The normalized spacial score (nSPS) is 12.0. The van der Waals surface area contributed by atoms with Gasteiger partial charge in [0.05, 0.1) is 17.2 Å². The summed E-state index contributed by atoms with van der Waals surface area (Å²) >= 11 is 0.666. The Morgan fingerprint density at radius 1 is 1.00 bits per heavy atom. The second-order valence-corrected chi connectivity index (χ2v) is 7.90. The second-order valence-electron chi connectivity index (χ2n) is 6.62. The molecule has 0 bridgehead atoms. The highest BCUT2D eigenvalue weighted by atomic mass is 32.2. The molecule has 1 aromatic rings. The van der Waals surface area contributed by atoms with E-state index in [-0.39, 0.29) is 18.6 Å². The molecular formula is C19H24O7S. The first-order valence-corrected chi connectivity index (χ1v) is 9.26. The standard InChI is InChI=1S/C19H24O7S/c1-13(15(20)10-11-16(21)26-19(2,3)4)27-18(23)25-12-24-17(22)14-8-6-5-7-9-14/h5-9,13H,10-12H2,1-4H3. The molecule has 0 spiro atoms. The molecule has 27 heavy (non-hydrogen) atoms. The molecule has 1 aromatic carbocycles. The number of ether oxygens (including phenoxy) is 3. The SMILES string of the molecule is CC(SC(=O)OCOC(=O)c1ccccc1)C(=O)CCC(=O)OC(C)(C)C. The van der Waals surface area contributed by atoms with E-state index in [2.05, 4.69) is 0 Å². The van der Waals surface area contributed by atoms with E-state index < -0.39 is 34.9 Å². The number of hydrogen-bond acceptors (Lipinski definition) is 8. The van der Waals surface area contributed by atoms with E-state index in [4.69, 9.17) is 14.2 Å². The molecule has 1 unspecified atom stereocenters. The number of esters is 2. The molecule has 7 nitrogen and oxygen atoms in total. The molecule has 0 aliphatic carbocycles. The monoisotopic (exact) mass is 396 g/mol. The van der Waals surface area contributed by atoms with E-state index in [9.17, 15) is 19.2 Å². The van der Waals surface area contributed by atoms with Crippen molar-refractivity contribution in [1.82, 2.24) is 0 Å². The maximum absolute atomic E-state index is 12.0. The van der Waals surface area contributed by atoms with Crippen molar-refractivity contribution in [2.45, 2.75) is 51.4 Å². The molecule has 1 rings (SSSR count). The molecule has 0 fully saturated rings. The van der Waals surface area contributed by atoms with Crippen molar-refractivity contribution < 1.29 is 33.4 Å². The van der Waals surface area contributed by atoms with Gasteiger partial charge in [-0.3, -0.25) is 9.59 Å². The van der Waals surface area contributed by atoms with Gasteiger partial charge in [-0.2, -0.15) is 0 Å². The van der Waals surface area contributed by atoms with E-state index in [1.54, 1.807) is 58.0 Å². The van der Waals surface area contributed by atoms with Crippen LogP contribution in [0.15, 0.2) is 30.3 Å². The predicted molar refractivity (Wildman–Crippen MR) is 100 cm³/mol. The van der Waals surface area contributed by atoms with Crippen LogP contribution in [0, 0.1) is 0 Å². The molecule has 0 aliphatic rings. The van der Waals surface area contributed by atoms with Crippen LogP contribution >= 0.6 is 11.8 Å². The molecule has 0 aliphatic heterocycles. The van der Waals surface area contributed by atoms with Crippen LogP contribution in [0.4, 0.5) is 4.79 Å². The number of ketones is 1. The average Bonchev–Trinajstić information content (AvgIpc) is 2.58. The summed E-state index contributed by atoms with van der Waals surface area (Å²) in [4.78, 5) is 47.0. The average molecular weight is 396 g/mol. The van der Waals surface area contributed by atoms with Gasteiger partial charge in [0.15, 0.2) is 0 Å². The third kappa shape index (κ3) is 9.79. The predicted octanol–water partition coefficient (Wildman–Crippen LogP) is 3.75. The highest BCUT2D eigenvalue weighted by Crippen LogP contribution is 2.18.